The Morgan fingerprint density at radius 3 is 2.61 bits per heavy atom. The van der Waals surface area contributed by atoms with Crippen LogP contribution in [0.2, 0.25) is 0 Å². The zero-order valence-electron chi connectivity index (χ0n) is 13.7. The van der Waals surface area contributed by atoms with Crippen molar-refractivity contribution in [2.45, 2.75) is 25.7 Å². The lowest BCUT2D eigenvalue weighted by Gasteiger charge is -2.20. The van der Waals surface area contributed by atoms with Crippen LogP contribution in [0.4, 0.5) is 0 Å². The number of carboxylic acids is 1. The highest BCUT2D eigenvalue weighted by Crippen LogP contribution is 2.52. The number of aliphatic carboxylic acids is 1. The fraction of sp³-hybridized carbons (Fsp3) is 0.529. The smallest absolute Gasteiger partial charge is 0.323 e. The van der Waals surface area contributed by atoms with E-state index >= 15 is 0 Å². The molecule has 1 amide bonds. The molecule has 1 aliphatic rings. The van der Waals surface area contributed by atoms with Gasteiger partial charge in [-0.15, -0.1) is 0 Å². The Kier molecular flexibility index (Phi) is 5.47. The van der Waals surface area contributed by atoms with Crippen LogP contribution in [0.25, 0.3) is 0 Å². The standard InChI is InChI=1S/C17H23NO5/c1-4-7-18(10-16(19)20)17(21)14-9-12(14)13-8-11(22-2)5-6-15(13)23-3/h5-6,8,12,14H,4,7,9-10H2,1-3H3,(H,19,20). The number of hydrogen-bond acceptors (Lipinski definition) is 4. The zero-order valence-corrected chi connectivity index (χ0v) is 13.7. The second-order valence-electron chi connectivity index (χ2n) is 5.71. The molecule has 1 aromatic carbocycles. The maximum atomic E-state index is 12.6. The molecule has 2 rings (SSSR count). The number of carbonyl (C=O) groups excluding carboxylic acids is 1. The molecule has 6 nitrogen and oxygen atoms in total. The van der Waals surface area contributed by atoms with Crippen molar-refractivity contribution in [3.05, 3.63) is 23.8 Å². The Labute approximate surface area is 136 Å². The zero-order chi connectivity index (χ0) is 17.0. The van der Waals surface area contributed by atoms with Crippen molar-refractivity contribution < 1.29 is 24.2 Å². The summed E-state index contributed by atoms with van der Waals surface area (Å²) < 4.78 is 10.6. The Balaban J connectivity index is 2.14. The van der Waals surface area contributed by atoms with Gasteiger partial charge in [0.25, 0.3) is 0 Å². The maximum Gasteiger partial charge on any atom is 0.323 e. The molecular weight excluding hydrogens is 298 g/mol. The Morgan fingerprint density at radius 1 is 1.30 bits per heavy atom. The third kappa shape index (κ3) is 3.94. The van der Waals surface area contributed by atoms with Gasteiger partial charge in [-0.05, 0) is 31.0 Å². The van der Waals surface area contributed by atoms with Crippen molar-refractivity contribution in [1.29, 1.82) is 0 Å². The van der Waals surface area contributed by atoms with E-state index in [2.05, 4.69) is 0 Å². The van der Waals surface area contributed by atoms with Crippen LogP contribution in [-0.4, -0.2) is 49.2 Å². The molecule has 2 atom stereocenters. The van der Waals surface area contributed by atoms with Crippen LogP contribution in [0, 0.1) is 5.92 Å². The molecule has 1 aliphatic carbocycles. The van der Waals surface area contributed by atoms with Gasteiger partial charge >= 0.3 is 5.97 Å². The molecule has 0 aromatic heterocycles. The first-order valence-corrected chi connectivity index (χ1v) is 7.74. The third-order valence-electron chi connectivity index (χ3n) is 4.08. The number of hydrogen-bond donors (Lipinski definition) is 1. The normalized spacial score (nSPS) is 19.1. The predicted octanol–water partition coefficient (Wildman–Crippen LogP) is 2.13. The number of methoxy groups -OCH3 is 2. The second-order valence-corrected chi connectivity index (χ2v) is 5.71. The third-order valence-corrected chi connectivity index (χ3v) is 4.08. The average Bonchev–Trinajstić information content (AvgIpc) is 3.33. The summed E-state index contributed by atoms with van der Waals surface area (Å²) >= 11 is 0. The highest BCUT2D eigenvalue weighted by atomic mass is 16.5. The number of carbonyl (C=O) groups is 2. The monoisotopic (exact) mass is 321 g/mol. The van der Waals surface area contributed by atoms with Crippen molar-refractivity contribution in [2.75, 3.05) is 27.3 Å². The number of amides is 1. The molecule has 1 aromatic rings. The van der Waals surface area contributed by atoms with Gasteiger partial charge in [0.05, 0.1) is 14.2 Å². The molecule has 0 heterocycles. The van der Waals surface area contributed by atoms with Gasteiger partial charge in [-0.1, -0.05) is 6.92 Å². The fourth-order valence-corrected chi connectivity index (χ4v) is 2.88. The van der Waals surface area contributed by atoms with Gasteiger partial charge in [-0.3, -0.25) is 9.59 Å². The molecule has 126 valence electrons. The minimum atomic E-state index is -0.983. The highest BCUT2D eigenvalue weighted by molar-refractivity contribution is 5.86. The number of rotatable bonds is 8. The van der Waals surface area contributed by atoms with E-state index in [1.165, 1.54) is 4.90 Å². The predicted molar refractivity (Wildman–Crippen MR) is 84.9 cm³/mol. The van der Waals surface area contributed by atoms with E-state index in [0.29, 0.717) is 13.0 Å². The van der Waals surface area contributed by atoms with Gasteiger partial charge in [0.1, 0.15) is 18.0 Å². The van der Waals surface area contributed by atoms with Gasteiger partial charge in [0.2, 0.25) is 5.91 Å². The highest BCUT2D eigenvalue weighted by Gasteiger charge is 2.47. The maximum absolute atomic E-state index is 12.6. The van der Waals surface area contributed by atoms with Crippen molar-refractivity contribution in [3.63, 3.8) is 0 Å². The lowest BCUT2D eigenvalue weighted by atomic mass is 10.1. The molecule has 0 bridgehead atoms. The molecule has 0 saturated heterocycles. The Bertz CT molecular complexity index is 586. The van der Waals surface area contributed by atoms with E-state index in [0.717, 1.165) is 23.5 Å². The molecule has 0 spiro atoms. The quantitative estimate of drug-likeness (QED) is 0.794. The summed E-state index contributed by atoms with van der Waals surface area (Å²) in [5.74, 6) is 0.246. The van der Waals surface area contributed by atoms with Crippen molar-refractivity contribution in [3.8, 4) is 11.5 Å². The van der Waals surface area contributed by atoms with E-state index in [4.69, 9.17) is 14.6 Å². The molecular formula is C17H23NO5. The van der Waals surface area contributed by atoms with E-state index in [-0.39, 0.29) is 24.3 Å². The molecule has 1 N–H and O–H groups in total. The molecule has 0 aliphatic heterocycles. The summed E-state index contributed by atoms with van der Waals surface area (Å²) in [7, 11) is 3.19. The van der Waals surface area contributed by atoms with Crippen LogP contribution in [0.15, 0.2) is 18.2 Å². The molecule has 2 unspecified atom stereocenters. The van der Waals surface area contributed by atoms with Crippen LogP contribution < -0.4 is 9.47 Å². The number of benzene rings is 1. The van der Waals surface area contributed by atoms with Gasteiger partial charge in [0, 0.05) is 23.9 Å². The van der Waals surface area contributed by atoms with E-state index in [1.807, 2.05) is 25.1 Å². The first-order chi connectivity index (χ1) is 11.0. The number of nitrogens with zero attached hydrogens (tertiary/aromatic N) is 1. The van der Waals surface area contributed by atoms with Crippen LogP contribution in [0.3, 0.4) is 0 Å². The lowest BCUT2D eigenvalue weighted by molar-refractivity contribution is -0.145. The lowest BCUT2D eigenvalue weighted by Crippen LogP contribution is -2.37. The van der Waals surface area contributed by atoms with Crippen LogP contribution in [0.5, 0.6) is 11.5 Å². The van der Waals surface area contributed by atoms with Crippen molar-refractivity contribution >= 4 is 11.9 Å². The van der Waals surface area contributed by atoms with E-state index < -0.39 is 5.97 Å². The molecule has 6 heteroatoms. The molecule has 1 fully saturated rings. The van der Waals surface area contributed by atoms with Crippen molar-refractivity contribution in [1.82, 2.24) is 4.90 Å². The minimum Gasteiger partial charge on any atom is -0.497 e. The topological polar surface area (TPSA) is 76.1 Å². The first-order valence-electron chi connectivity index (χ1n) is 7.74. The Hall–Kier alpha value is -2.24. The van der Waals surface area contributed by atoms with Gasteiger partial charge in [-0.25, -0.2) is 0 Å². The van der Waals surface area contributed by atoms with E-state index in [1.54, 1.807) is 14.2 Å². The molecule has 1 saturated carbocycles. The summed E-state index contributed by atoms with van der Waals surface area (Å²) in [6, 6.07) is 5.53. The second kappa shape index (κ2) is 7.35. The van der Waals surface area contributed by atoms with Crippen molar-refractivity contribution in [2.24, 2.45) is 5.92 Å². The molecule has 0 radical (unpaired) electrons. The SMILES string of the molecule is CCCN(CC(=O)O)C(=O)C1CC1c1cc(OC)ccc1OC. The van der Waals surface area contributed by atoms with Gasteiger partial charge in [0.15, 0.2) is 0 Å². The minimum absolute atomic E-state index is 0.0562. The Morgan fingerprint density at radius 2 is 2.04 bits per heavy atom. The molecule has 23 heavy (non-hydrogen) atoms. The van der Waals surface area contributed by atoms with Crippen LogP contribution in [-0.2, 0) is 9.59 Å². The fourth-order valence-electron chi connectivity index (χ4n) is 2.88. The van der Waals surface area contributed by atoms with Crippen LogP contribution >= 0.6 is 0 Å². The van der Waals surface area contributed by atoms with E-state index in [9.17, 15) is 9.59 Å². The van der Waals surface area contributed by atoms with Gasteiger partial charge < -0.3 is 19.5 Å². The van der Waals surface area contributed by atoms with Crippen LogP contribution in [0.1, 0.15) is 31.2 Å². The summed E-state index contributed by atoms with van der Waals surface area (Å²) in [6.45, 7) is 2.15. The van der Waals surface area contributed by atoms with Gasteiger partial charge in [-0.2, -0.15) is 0 Å². The summed E-state index contributed by atoms with van der Waals surface area (Å²) in [5.41, 5.74) is 0.942. The largest absolute Gasteiger partial charge is 0.497 e. The number of ether oxygens (including phenoxy) is 2. The summed E-state index contributed by atoms with van der Waals surface area (Å²) in [4.78, 5) is 24.9. The summed E-state index contributed by atoms with van der Waals surface area (Å²) in [6.07, 6.45) is 1.45. The number of carboxylic acid groups (broad SMARTS) is 1. The summed E-state index contributed by atoms with van der Waals surface area (Å²) in [5, 5.41) is 8.96. The first kappa shape index (κ1) is 17.1. The average molecular weight is 321 g/mol.